The summed E-state index contributed by atoms with van der Waals surface area (Å²) in [7, 11) is 0. The van der Waals surface area contributed by atoms with E-state index in [4.69, 9.17) is 28.9 Å². The van der Waals surface area contributed by atoms with Gasteiger partial charge in [0.05, 0.1) is 17.8 Å². The fraction of sp³-hybridized carbons (Fsp3) is 0.190. The van der Waals surface area contributed by atoms with Gasteiger partial charge in [0.1, 0.15) is 17.5 Å². The van der Waals surface area contributed by atoms with Crippen molar-refractivity contribution in [1.29, 1.82) is 5.26 Å². The summed E-state index contributed by atoms with van der Waals surface area (Å²) in [6.07, 6.45) is 1.24. The zero-order chi connectivity index (χ0) is 20.8. The smallest absolute Gasteiger partial charge is 0.224 e. The normalized spacial score (nSPS) is 10.5. The summed E-state index contributed by atoms with van der Waals surface area (Å²) in [4.78, 5) is 12.2. The first-order valence-corrected chi connectivity index (χ1v) is 9.79. The van der Waals surface area contributed by atoms with E-state index < -0.39 is 0 Å². The largest absolute Gasteiger partial charge is 0.382 e. The monoisotopic (exact) mass is 427 g/mol. The third kappa shape index (κ3) is 4.89. The SMILES string of the molecule is N#Cc1c(CCCNC(=O)Cc2c(Cl)cccc2Cl)nn(-c2ccccc2)c1N. The van der Waals surface area contributed by atoms with Crippen molar-refractivity contribution in [2.45, 2.75) is 19.3 Å². The van der Waals surface area contributed by atoms with Crippen molar-refractivity contribution in [2.24, 2.45) is 0 Å². The van der Waals surface area contributed by atoms with Crippen LogP contribution in [0.25, 0.3) is 5.69 Å². The summed E-state index contributed by atoms with van der Waals surface area (Å²) in [5, 5.41) is 17.7. The summed E-state index contributed by atoms with van der Waals surface area (Å²) < 4.78 is 1.56. The first-order valence-electron chi connectivity index (χ1n) is 9.03. The van der Waals surface area contributed by atoms with Crippen molar-refractivity contribution in [3.63, 3.8) is 0 Å². The van der Waals surface area contributed by atoms with Crippen molar-refractivity contribution >= 4 is 34.9 Å². The second-order valence-electron chi connectivity index (χ2n) is 6.40. The van der Waals surface area contributed by atoms with Crippen molar-refractivity contribution in [3.05, 3.63) is 75.4 Å². The summed E-state index contributed by atoms with van der Waals surface area (Å²) in [5.74, 6) is 0.140. The number of carbonyl (C=O) groups excluding carboxylic acids is 1. The Balaban J connectivity index is 1.58. The number of amides is 1. The highest BCUT2D eigenvalue weighted by Crippen LogP contribution is 2.24. The molecule has 6 nitrogen and oxygen atoms in total. The Bertz CT molecular complexity index is 1040. The highest BCUT2D eigenvalue weighted by molar-refractivity contribution is 6.36. The number of halogens is 2. The number of nitriles is 1. The van der Waals surface area contributed by atoms with E-state index in [1.807, 2.05) is 30.3 Å². The van der Waals surface area contributed by atoms with Gasteiger partial charge in [0.15, 0.2) is 0 Å². The molecule has 1 heterocycles. The first-order chi connectivity index (χ1) is 14.0. The average molecular weight is 428 g/mol. The molecule has 3 aromatic rings. The molecule has 0 radical (unpaired) electrons. The number of nitrogens with zero attached hydrogens (tertiary/aromatic N) is 3. The van der Waals surface area contributed by atoms with E-state index in [0.29, 0.717) is 52.1 Å². The first kappa shape index (κ1) is 20.7. The third-order valence-corrected chi connectivity index (χ3v) is 5.13. The number of rotatable bonds is 7. The summed E-state index contributed by atoms with van der Waals surface area (Å²) >= 11 is 12.2. The van der Waals surface area contributed by atoms with Crippen LogP contribution >= 0.6 is 23.2 Å². The second-order valence-corrected chi connectivity index (χ2v) is 7.21. The maximum atomic E-state index is 12.2. The summed E-state index contributed by atoms with van der Waals surface area (Å²) in [6.45, 7) is 0.434. The molecule has 2 aromatic carbocycles. The number of hydrogen-bond donors (Lipinski definition) is 2. The molecule has 0 aliphatic rings. The molecular weight excluding hydrogens is 409 g/mol. The number of para-hydroxylation sites is 1. The van der Waals surface area contributed by atoms with Gasteiger partial charge in [0.25, 0.3) is 0 Å². The number of hydrogen-bond acceptors (Lipinski definition) is 4. The van der Waals surface area contributed by atoms with Crippen LogP contribution in [0.15, 0.2) is 48.5 Å². The van der Waals surface area contributed by atoms with Gasteiger partial charge < -0.3 is 11.1 Å². The lowest BCUT2D eigenvalue weighted by molar-refractivity contribution is -0.120. The summed E-state index contributed by atoms with van der Waals surface area (Å²) in [5.41, 5.74) is 8.46. The van der Waals surface area contributed by atoms with Gasteiger partial charge in [0.2, 0.25) is 5.91 Å². The van der Waals surface area contributed by atoms with Gasteiger partial charge in [0, 0.05) is 16.6 Å². The predicted molar refractivity (Wildman–Crippen MR) is 114 cm³/mol. The maximum absolute atomic E-state index is 12.2. The van der Waals surface area contributed by atoms with E-state index in [1.54, 1.807) is 22.9 Å². The molecule has 3 rings (SSSR count). The number of aryl methyl sites for hydroxylation is 1. The van der Waals surface area contributed by atoms with Crippen LogP contribution in [-0.2, 0) is 17.6 Å². The second kappa shape index (κ2) is 9.46. The molecule has 0 spiro atoms. The maximum Gasteiger partial charge on any atom is 0.224 e. The van der Waals surface area contributed by atoms with Crippen molar-refractivity contribution < 1.29 is 4.79 Å². The van der Waals surface area contributed by atoms with Gasteiger partial charge in [-0.1, -0.05) is 47.5 Å². The van der Waals surface area contributed by atoms with E-state index in [-0.39, 0.29) is 12.3 Å². The standard InChI is InChI=1S/C21H19Cl2N5O/c22-17-8-4-9-18(23)15(17)12-20(29)26-11-5-10-19-16(13-24)21(25)28(27-19)14-6-2-1-3-7-14/h1-4,6-9H,5,10-12,25H2,(H,26,29). The van der Waals surface area contributed by atoms with Crippen LogP contribution < -0.4 is 11.1 Å². The predicted octanol–water partition coefficient (Wildman–Crippen LogP) is 3.92. The number of nitrogen functional groups attached to an aromatic ring is 1. The third-order valence-electron chi connectivity index (χ3n) is 4.42. The Morgan fingerprint density at radius 3 is 2.48 bits per heavy atom. The number of anilines is 1. The molecule has 0 saturated carbocycles. The van der Waals surface area contributed by atoms with E-state index in [2.05, 4.69) is 16.5 Å². The number of nitrogens with one attached hydrogen (secondary N) is 1. The minimum Gasteiger partial charge on any atom is -0.382 e. The van der Waals surface area contributed by atoms with Crippen molar-refractivity contribution in [3.8, 4) is 11.8 Å². The lowest BCUT2D eigenvalue weighted by Gasteiger charge is -2.08. The summed E-state index contributed by atoms with van der Waals surface area (Å²) in [6, 6.07) is 16.7. The van der Waals surface area contributed by atoms with Gasteiger partial charge >= 0.3 is 0 Å². The van der Waals surface area contributed by atoms with E-state index in [1.165, 1.54) is 0 Å². The van der Waals surface area contributed by atoms with Crippen LogP contribution in [0.4, 0.5) is 5.82 Å². The molecule has 0 aliphatic carbocycles. The van der Waals surface area contributed by atoms with E-state index in [0.717, 1.165) is 5.69 Å². The van der Waals surface area contributed by atoms with Crippen LogP contribution in [0, 0.1) is 11.3 Å². The molecule has 0 aliphatic heterocycles. The van der Waals surface area contributed by atoms with Gasteiger partial charge in [-0.2, -0.15) is 10.4 Å². The molecule has 148 valence electrons. The van der Waals surface area contributed by atoms with Crippen LogP contribution in [0.5, 0.6) is 0 Å². The molecule has 0 atom stereocenters. The molecule has 1 aromatic heterocycles. The minimum atomic E-state index is -0.171. The van der Waals surface area contributed by atoms with Gasteiger partial charge in [-0.15, -0.1) is 0 Å². The Morgan fingerprint density at radius 2 is 1.83 bits per heavy atom. The molecule has 1 amide bonds. The molecule has 0 unspecified atom stereocenters. The fourth-order valence-corrected chi connectivity index (χ4v) is 3.48. The minimum absolute atomic E-state index is 0.109. The van der Waals surface area contributed by atoms with Crippen LogP contribution in [0.2, 0.25) is 10.0 Å². The molecule has 0 saturated heterocycles. The molecule has 3 N–H and O–H groups in total. The topological polar surface area (TPSA) is 96.7 Å². The number of benzene rings is 2. The zero-order valence-electron chi connectivity index (χ0n) is 15.5. The number of aromatic nitrogens is 2. The van der Waals surface area contributed by atoms with Crippen molar-refractivity contribution in [1.82, 2.24) is 15.1 Å². The van der Waals surface area contributed by atoms with Gasteiger partial charge in [-0.3, -0.25) is 4.79 Å². The molecule has 0 bridgehead atoms. The lowest BCUT2D eigenvalue weighted by atomic mass is 10.1. The number of nitrogens with two attached hydrogens (primary N) is 1. The highest BCUT2D eigenvalue weighted by Gasteiger charge is 2.16. The van der Waals surface area contributed by atoms with Gasteiger partial charge in [-0.25, -0.2) is 4.68 Å². The quantitative estimate of drug-likeness (QED) is 0.558. The average Bonchev–Trinajstić information content (AvgIpc) is 3.04. The lowest BCUT2D eigenvalue weighted by Crippen LogP contribution is -2.26. The van der Waals surface area contributed by atoms with Gasteiger partial charge in [-0.05, 0) is 42.7 Å². The Hall–Kier alpha value is -3.01. The Kier molecular flexibility index (Phi) is 6.76. The van der Waals surface area contributed by atoms with Crippen LogP contribution in [-0.4, -0.2) is 22.2 Å². The van der Waals surface area contributed by atoms with Crippen LogP contribution in [0.1, 0.15) is 23.2 Å². The van der Waals surface area contributed by atoms with Crippen LogP contribution in [0.3, 0.4) is 0 Å². The highest BCUT2D eigenvalue weighted by atomic mass is 35.5. The number of carbonyl (C=O) groups is 1. The fourth-order valence-electron chi connectivity index (χ4n) is 2.95. The Labute approximate surface area is 178 Å². The van der Waals surface area contributed by atoms with Crippen molar-refractivity contribution in [2.75, 3.05) is 12.3 Å². The molecular formula is C21H19Cl2N5O. The molecule has 29 heavy (non-hydrogen) atoms. The zero-order valence-corrected chi connectivity index (χ0v) is 17.0. The van der Waals surface area contributed by atoms with E-state index in [9.17, 15) is 10.1 Å². The molecule has 8 heteroatoms. The molecule has 0 fully saturated rings. The van der Waals surface area contributed by atoms with E-state index >= 15 is 0 Å². The Morgan fingerprint density at radius 1 is 1.14 bits per heavy atom.